The van der Waals surface area contributed by atoms with E-state index in [4.69, 9.17) is 32.5 Å². The maximum Gasteiger partial charge on any atom is 0.249 e. The topological polar surface area (TPSA) is 310 Å². The molecule has 0 radical (unpaired) electrons. The number of nitrogens with zero attached hydrogens (tertiary/aromatic N) is 19. The van der Waals surface area contributed by atoms with Crippen molar-refractivity contribution in [2.24, 2.45) is 30.7 Å². The molecule has 1 saturated carbocycles. The van der Waals surface area contributed by atoms with Crippen LogP contribution in [0.2, 0.25) is 0 Å². The molecule has 8 rings (SSSR count). The second-order valence-electron chi connectivity index (χ2n) is 13.8. The molecule has 8 N–H and O–H groups in total. The van der Waals surface area contributed by atoms with Gasteiger partial charge in [0.05, 0.1) is 17.1 Å². The quantitative estimate of drug-likeness (QED) is 0.0711. The van der Waals surface area contributed by atoms with Crippen LogP contribution in [0.1, 0.15) is 91.9 Å². The number of aryl methyl sites for hydroxylation is 6. The van der Waals surface area contributed by atoms with Crippen molar-refractivity contribution in [2.75, 3.05) is 17.2 Å². The Kier molecular flexibility index (Phi) is 11.0. The van der Waals surface area contributed by atoms with Crippen LogP contribution < -0.4 is 27.8 Å². The molecule has 27 heteroatoms. The third-order valence-electron chi connectivity index (χ3n) is 9.66. The molecule has 1 aliphatic heterocycles. The van der Waals surface area contributed by atoms with Crippen LogP contribution in [-0.2, 0) is 0 Å². The summed E-state index contributed by atoms with van der Waals surface area (Å²) in [4.78, 5) is 15.2. The summed E-state index contributed by atoms with van der Waals surface area (Å²) in [5.41, 5.74) is 23.6. The summed E-state index contributed by atoms with van der Waals surface area (Å²) in [5, 5.41) is 49.7. The minimum atomic E-state index is -0.792. The molecule has 2 fully saturated rings. The SMILES string of the molecule is Cc1nsc(N=Nc2c(C)nn(C3NC(n4nc(C)c(N=Nc5nc(C)ns5)c4N)N(C4CCCCCC4)C(n4nc(C)c(N=Nc5nc(C)ns5)c4N)N3)c2N)n1. The van der Waals surface area contributed by atoms with E-state index in [2.05, 4.69) is 74.3 Å². The van der Waals surface area contributed by atoms with E-state index in [9.17, 15) is 0 Å². The predicted octanol–water partition coefficient (Wildman–Crippen LogP) is 6.66. The minimum Gasteiger partial charge on any atom is -0.382 e. The zero-order chi connectivity index (χ0) is 40.7. The van der Waals surface area contributed by atoms with E-state index in [-0.39, 0.29) is 23.5 Å². The number of hydrogen-bond acceptors (Lipinski definition) is 24. The molecule has 6 aromatic rings. The fourth-order valence-corrected chi connectivity index (χ4v) is 8.51. The molecule has 0 aromatic carbocycles. The van der Waals surface area contributed by atoms with E-state index >= 15 is 0 Å². The molecular formula is C31H42N24S3. The highest BCUT2D eigenvalue weighted by atomic mass is 32.1. The molecule has 2 unspecified atom stereocenters. The van der Waals surface area contributed by atoms with E-state index in [0.29, 0.717) is 67.0 Å². The number of rotatable bonds is 10. The van der Waals surface area contributed by atoms with Crippen molar-refractivity contribution in [3.8, 4) is 0 Å². The lowest BCUT2D eigenvalue weighted by atomic mass is 10.1. The Balaban J connectivity index is 1.25. The van der Waals surface area contributed by atoms with E-state index in [1.807, 2.05) is 13.8 Å². The second-order valence-corrected chi connectivity index (χ2v) is 16.0. The highest BCUT2D eigenvalue weighted by molar-refractivity contribution is 7.09. The molecule has 7 heterocycles. The van der Waals surface area contributed by atoms with Gasteiger partial charge in [0.15, 0.2) is 53.4 Å². The fourth-order valence-electron chi connectivity index (χ4n) is 7.00. The minimum absolute atomic E-state index is 0.0200. The number of hydrogen-bond donors (Lipinski definition) is 5. The van der Waals surface area contributed by atoms with E-state index in [1.165, 1.54) is 0 Å². The number of aromatic nitrogens is 12. The largest absolute Gasteiger partial charge is 0.382 e. The Morgan fingerprint density at radius 3 is 1.24 bits per heavy atom. The van der Waals surface area contributed by atoms with Crippen molar-refractivity contribution in [1.82, 2.24) is 72.9 Å². The molecule has 304 valence electrons. The normalized spacial score (nSPS) is 20.1. The fraction of sp³-hybridized carbons (Fsp3) is 0.516. The van der Waals surface area contributed by atoms with Gasteiger partial charge in [-0.05, 0) is 54.4 Å². The van der Waals surface area contributed by atoms with Gasteiger partial charge in [-0.15, -0.1) is 30.7 Å². The Morgan fingerprint density at radius 1 is 0.517 bits per heavy atom. The monoisotopic (exact) mass is 846 g/mol. The van der Waals surface area contributed by atoms with Gasteiger partial charge in [-0.25, -0.2) is 44.5 Å². The molecular weight excluding hydrogens is 805 g/mol. The highest BCUT2D eigenvalue weighted by Gasteiger charge is 2.45. The average molecular weight is 847 g/mol. The third kappa shape index (κ3) is 7.82. The first-order valence-electron chi connectivity index (χ1n) is 18.4. The summed E-state index contributed by atoms with van der Waals surface area (Å²) in [6, 6.07) is 0.0200. The van der Waals surface area contributed by atoms with E-state index in [1.54, 1.807) is 41.7 Å². The van der Waals surface area contributed by atoms with Crippen molar-refractivity contribution >= 4 is 84.5 Å². The van der Waals surface area contributed by atoms with Crippen molar-refractivity contribution in [3.05, 3.63) is 34.6 Å². The van der Waals surface area contributed by atoms with Gasteiger partial charge in [-0.3, -0.25) is 0 Å². The maximum atomic E-state index is 6.96. The zero-order valence-electron chi connectivity index (χ0n) is 32.5. The summed E-state index contributed by atoms with van der Waals surface area (Å²) in [6.07, 6.45) is 3.86. The molecule has 1 saturated heterocycles. The van der Waals surface area contributed by atoms with Gasteiger partial charge in [0.2, 0.25) is 15.4 Å². The summed E-state index contributed by atoms with van der Waals surface area (Å²) >= 11 is 3.43. The van der Waals surface area contributed by atoms with Crippen LogP contribution in [0, 0.1) is 41.5 Å². The lowest BCUT2D eigenvalue weighted by molar-refractivity contribution is -0.108. The zero-order valence-corrected chi connectivity index (χ0v) is 35.0. The summed E-state index contributed by atoms with van der Waals surface area (Å²) in [5.74, 6) is 2.61. The van der Waals surface area contributed by atoms with Crippen molar-refractivity contribution < 1.29 is 0 Å². The van der Waals surface area contributed by atoms with Gasteiger partial charge < -0.3 is 17.2 Å². The number of nitrogen functional groups attached to an aromatic ring is 3. The Morgan fingerprint density at radius 2 is 0.879 bits per heavy atom. The van der Waals surface area contributed by atoms with E-state index < -0.39 is 18.9 Å². The number of azo groups is 3. The van der Waals surface area contributed by atoms with Crippen molar-refractivity contribution in [1.29, 1.82) is 0 Å². The Labute approximate surface area is 343 Å². The number of nitrogens with two attached hydrogens (primary N) is 3. The maximum absolute atomic E-state index is 6.96. The van der Waals surface area contributed by atoms with Gasteiger partial charge in [0.25, 0.3) is 0 Å². The first-order valence-corrected chi connectivity index (χ1v) is 20.8. The van der Waals surface area contributed by atoms with Crippen LogP contribution in [0.3, 0.4) is 0 Å². The standard InChI is InChI=1S/C31H42N24S3/c1-13-20(40-43-27-35-16(4)49-56-27)23(32)53(46-13)26-38-30(54-24(33)21(14(2)47-54)41-44-28-36-17(5)50-57-28)52(19-11-9-7-8-10-12-19)31(39-26)55-25(34)22(15(3)48-55)42-45-29-37-18(6)51-58-29/h19,26,30-31,38-39H,7-12,32-34H2,1-6H3. The smallest absolute Gasteiger partial charge is 0.249 e. The molecule has 1 aliphatic carbocycles. The molecule has 0 spiro atoms. The van der Waals surface area contributed by atoms with Gasteiger partial charge >= 0.3 is 0 Å². The van der Waals surface area contributed by atoms with E-state index in [0.717, 1.165) is 73.1 Å². The number of anilines is 3. The van der Waals surface area contributed by atoms with Crippen LogP contribution in [0.25, 0.3) is 0 Å². The van der Waals surface area contributed by atoms with Crippen LogP contribution in [0.5, 0.6) is 0 Å². The molecule has 2 aliphatic rings. The Hall–Kier alpha value is -5.61. The molecule has 24 nitrogen and oxygen atoms in total. The van der Waals surface area contributed by atoms with Crippen molar-refractivity contribution in [2.45, 2.75) is 105 Å². The second kappa shape index (κ2) is 16.3. The summed E-state index contributed by atoms with van der Waals surface area (Å²) < 4.78 is 17.6. The van der Waals surface area contributed by atoms with Gasteiger partial charge in [0, 0.05) is 40.6 Å². The molecule has 6 aromatic heterocycles. The molecule has 0 bridgehead atoms. The number of nitrogens with one attached hydrogen (secondary N) is 2. The first kappa shape index (κ1) is 39.2. The first-order chi connectivity index (χ1) is 27.9. The molecule has 0 amide bonds. The molecule has 2 atom stereocenters. The van der Waals surface area contributed by atoms with Gasteiger partial charge in [-0.1, -0.05) is 25.7 Å². The lowest BCUT2D eigenvalue weighted by Gasteiger charge is -2.49. The van der Waals surface area contributed by atoms with Gasteiger partial charge in [0.1, 0.15) is 17.5 Å². The third-order valence-corrected chi connectivity index (χ3v) is 11.7. The molecule has 58 heavy (non-hydrogen) atoms. The predicted molar refractivity (Wildman–Crippen MR) is 217 cm³/mol. The highest BCUT2D eigenvalue weighted by Crippen LogP contribution is 2.42. The van der Waals surface area contributed by atoms with Crippen LogP contribution in [0.4, 0.5) is 49.9 Å². The van der Waals surface area contributed by atoms with Gasteiger partial charge in [-0.2, -0.15) is 28.4 Å². The lowest BCUT2D eigenvalue weighted by Crippen LogP contribution is -2.64. The summed E-state index contributed by atoms with van der Waals surface area (Å²) in [6.45, 7) is 10.8. The summed E-state index contributed by atoms with van der Waals surface area (Å²) in [7, 11) is 0. The van der Waals surface area contributed by atoms with Crippen LogP contribution in [-0.4, -0.2) is 68.4 Å². The van der Waals surface area contributed by atoms with Crippen molar-refractivity contribution in [3.63, 3.8) is 0 Å². The Bertz CT molecular complexity index is 2380. The van der Waals surface area contributed by atoms with Crippen LogP contribution >= 0.6 is 34.6 Å². The van der Waals surface area contributed by atoms with Crippen LogP contribution in [0.15, 0.2) is 30.7 Å². The average Bonchev–Trinajstić information content (AvgIpc) is 4.03.